The van der Waals surface area contributed by atoms with Gasteiger partial charge in [0.15, 0.2) is 0 Å². The Labute approximate surface area is 86.7 Å². The highest BCUT2D eigenvalue weighted by atomic mass is 19.1. The summed E-state index contributed by atoms with van der Waals surface area (Å²) in [6.07, 6.45) is 0.880. The zero-order valence-corrected chi connectivity index (χ0v) is 8.26. The van der Waals surface area contributed by atoms with Gasteiger partial charge < -0.3 is 16.0 Å². The van der Waals surface area contributed by atoms with Crippen molar-refractivity contribution < 1.29 is 4.39 Å². The highest BCUT2D eigenvalue weighted by Gasteiger charge is 2.02. The molecule has 0 bridgehead atoms. The fourth-order valence-electron chi connectivity index (χ4n) is 1.37. The van der Waals surface area contributed by atoms with E-state index in [1.165, 1.54) is 12.1 Å². The number of nitrogens with zero attached hydrogens (tertiary/aromatic N) is 1. The van der Waals surface area contributed by atoms with Crippen LogP contribution in [0.15, 0.2) is 18.2 Å². The number of fused-ring (bicyclic) bond motifs is 1. The minimum absolute atomic E-state index is 0.264. The third-order valence-corrected chi connectivity index (χ3v) is 2.12. The molecule has 2 rings (SSSR count). The number of anilines is 1. The van der Waals surface area contributed by atoms with Gasteiger partial charge in [0.1, 0.15) is 5.82 Å². The van der Waals surface area contributed by atoms with E-state index in [1.54, 1.807) is 6.07 Å². The molecule has 0 atom stereocenters. The number of nitrogens with two attached hydrogens (primary N) is 1. The number of aromatic amines is 1. The number of rotatable bonds is 4. The van der Waals surface area contributed by atoms with Crippen LogP contribution >= 0.6 is 0 Å². The van der Waals surface area contributed by atoms with Crippen LogP contribution in [0.2, 0.25) is 0 Å². The second-order valence-electron chi connectivity index (χ2n) is 3.32. The Morgan fingerprint density at radius 1 is 1.47 bits per heavy atom. The average Bonchev–Trinajstić information content (AvgIpc) is 2.60. The minimum Gasteiger partial charge on any atom is -0.356 e. The molecular formula is C10H13FN4. The Balaban J connectivity index is 2.16. The molecule has 0 saturated carbocycles. The van der Waals surface area contributed by atoms with Crippen molar-refractivity contribution in [1.29, 1.82) is 0 Å². The summed E-state index contributed by atoms with van der Waals surface area (Å²) in [5.41, 5.74) is 6.82. The molecule has 0 fully saturated rings. The van der Waals surface area contributed by atoms with E-state index in [9.17, 15) is 4.39 Å². The van der Waals surface area contributed by atoms with Crippen LogP contribution in [0, 0.1) is 5.82 Å². The van der Waals surface area contributed by atoms with Crippen LogP contribution in [0.3, 0.4) is 0 Å². The predicted molar refractivity (Wildman–Crippen MR) is 58.2 cm³/mol. The van der Waals surface area contributed by atoms with Crippen LogP contribution in [-0.4, -0.2) is 23.1 Å². The molecule has 2 aromatic rings. The highest BCUT2D eigenvalue weighted by Crippen LogP contribution is 2.15. The van der Waals surface area contributed by atoms with E-state index >= 15 is 0 Å². The van der Waals surface area contributed by atoms with Crippen LogP contribution in [0.25, 0.3) is 11.0 Å². The summed E-state index contributed by atoms with van der Waals surface area (Å²) in [6, 6.07) is 4.47. The third-order valence-electron chi connectivity index (χ3n) is 2.12. The van der Waals surface area contributed by atoms with Gasteiger partial charge in [-0.15, -0.1) is 0 Å². The Morgan fingerprint density at radius 3 is 3.13 bits per heavy atom. The third kappa shape index (κ3) is 2.24. The summed E-state index contributed by atoms with van der Waals surface area (Å²) in [7, 11) is 0. The van der Waals surface area contributed by atoms with E-state index < -0.39 is 0 Å². The topological polar surface area (TPSA) is 66.7 Å². The molecule has 1 aromatic heterocycles. The van der Waals surface area contributed by atoms with Crippen molar-refractivity contribution in [3.8, 4) is 0 Å². The van der Waals surface area contributed by atoms with Crippen molar-refractivity contribution in [2.75, 3.05) is 18.4 Å². The number of aromatic nitrogens is 2. The van der Waals surface area contributed by atoms with Gasteiger partial charge in [-0.25, -0.2) is 9.37 Å². The number of nitrogens with one attached hydrogen (secondary N) is 2. The molecule has 1 aromatic carbocycles. The monoisotopic (exact) mass is 208 g/mol. The number of H-pyrrole nitrogens is 1. The maximum absolute atomic E-state index is 12.9. The second-order valence-corrected chi connectivity index (χ2v) is 3.32. The number of hydrogen-bond acceptors (Lipinski definition) is 3. The van der Waals surface area contributed by atoms with Gasteiger partial charge in [-0.05, 0) is 31.2 Å². The SMILES string of the molecule is NCCCNc1nc2ccc(F)cc2[nH]1. The molecule has 0 amide bonds. The first-order valence-electron chi connectivity index (χ1n) is 4.89. The molecule has 0 aliphatic rings. The van der Waals surface area contributed by atoms with E-state index in [2.05, 4.69) is 15.3 Å². The highest BCUT2D eigenvalue weighted by molar-refractivity contribution is 5.77. The molecule has 0 aliphatic carbocycles. The molecule has 1 heterocycles. The molecule has 0 radical (unpaired) electrons. The van der Waals surface area contributed by atoms with E-state index in [4.69, 9.17) is 5.73 Å². The van der Waals surface area contributed by atoms with Crippen molar-refractivity contribution >= 4 is 17.0 Å². The fourth-order valence-corrected chi connectivity index (χ4v) is 1.37. The largest absolute Gasteiger partial charge is 0.356 e. The van der Waals surface area contributed by atoms with Gasteiger partial charge in [-0.2, -0.15) is 0 Å². The standard InChI is InChI=1S/C10H13FN4/c11-7-2-3-8-9(6-7)15-10(14-8)13-5-1-4-12/h2-3,6H,1,4-5,12H2,(H2,13,14,15). The molecular weight excluding hydrogens is 195 g/mol. The maximum Gasteiger partial charge on any atom is 0.201 e. The molecule has 80 valence electrons. The molecule has 15 heavy (non-hydrogen) atoms. The molecule has 0 aliphatic heterocycles. The van der Waals surface area contributed by atoms with Gasteiger partial charge >= 0.3 is 0 Å². The number of hydrogen-bond donors (Lipinski definition) is 3. The van der Waals surface area contributed by atoms with Gasteiger partial charge in [0, 0.05) is 6.54 Å². The molecule has 0 saturated heterocycles. The Kier molecular flexibility index (Phi) is 2.82. The lowest BCUT2D eigenvalue weighted by molar-refractivity contribution is 0.629. The Hall–Kier alpha value is -1.62. The molecule has 0 unspecified atom stereocenters. The van der Waals surface area contributed by atoms with Crippen LogP contribution in [-0.2, 0) is 0 Å². The van der Waals surface area contributed by atoms with Crippen molar-refractivity contribution in [3.05, 3.63) is 24.0 Å². The first-order valence-corrected chi connectivity index (χ1v) is 4.89. The van der Waals surface area contributed by atoms with Crippen LogP contribution in [0.1, 0.15) is 6.42 Å². The number of imidazole rings is 1. The number of halogens is 1. The van der Waals surface area contributed by atoms with Crippen LogP contribution in [0.4, 0.5) is 10.3 Å². The van der Waals surface area contributed by atoms with Gasteiger partial charge in [0.25, 0.3) is 0 Å². The summed E-state index contributed by atoms with van der Waals surface area (Å²) in [5, 5.41) is 3.09. The van der Waals surface area contributed by atoms with Crippen molar-refractivity contribution in [2.24, 2.45) is 5.73 Å². The maximum atomic E-state index is 12.9. The van der Waals surface area contributed by atoms with Gasteiger partial charge in [-0.3, -0.25) is 0 Å². The fraction of sp³-hybridized carbons (Fsp3) is 0.300. The van der Waals surface area contributed by atoms with E-state index in [0.29, 0.717) is 18.0 Å². The van der Waals surface area contributed by atoms with Crippen molar-refractivity contribution in [1.82, 2.24) is 9.97 Å². The first-order chi connectivity index (χ1) is 7.29. The lowest BCUT2D eigenvalue weighted by Crippen LogP contribution is -2.09. The second kappa shape index (κ2) is 4.27. The summed E-state index contributed by atoms with van der Waals surface area (Å²) >= 11 is 0. The van der Waals surface area contributed by atoms with Crippen molar-refractivity contribution in [2.45, 2.75) is 6.42 Å². The normalized spacial score (nSPS) is 10.8. The summed E-state index contributed by atoms with van der Waals surface area (Å²) < 4.78 is 12.9. The smallest absolute Gasteiger partial charge is 0.201 e. The predicted octanol–water partition coefficient (Wildman–Crippen LogP) is 1.46. The quantitative estimate of drug-likeness (QED) is 0.666. The van der Waals surface area contributed by atoms with E-state index in [-0.39, 0.29) is 5.82 Å². The summed E-state index contributed by atoms with van der Waals surface area (Å²) in [4.78, 5) is 7.24. The first kappa shape index (κ1) is 9.92. The summed E-state index contributed by atoms with van der Waals surface area (Å²) in [6.45, 7) is 1.40. The lowest BCUT2D eigenvalue weighted by atomic mass is 10.3. The molecule has 0 spiro atoms. The Morgan fingerprint density at radius 2 is 2.33 bits per heavy atom. The minimum atomic E-state index is -0.264. The van der Waals surface area contributed by atoms with Crippen LogP contribution in [0.5, 0.6) is 0 Å². The zero-order chi connectivity index (χ0) is 10.7. The lowest BCUT2D eigenvalue weighted by Gasteiger charge is -1.98. The van der Waals surface area contributed by atoms with E-state index in [0.717, 1.165) is 18.5 Å². The van der Waals surface area contributed by atoms with Gasteiger partial charge in [0.05, 0.1) is 11.0 Å². The molecule has 4 nitrogen and oxygen atoms in total. The van der Waals surface area contributed by atoms with Crippen LogP contribution < -0.4 is 11.1 Å². The van der Waals surface area contributed by atoms with Crippen molar-refractivity contribution in [3.63, 3.8) is 0 Å². The molecule has 4 N–H and O–H groups in total. The van der Waals surface area contributed by atoms with E-state index in [1.807, 2.05) is 0 Å². The van der Waals surface area contributed by atoms with Gasteiger partial charge in [0.2, 0.25) is 5.95 Å². The summed E-state index contributed by atoms with van der Waals surface area (Å²) in [5.74, 6) is 0.392. The number of benzene rings is 1. The Bertz CT molecular complexity index is 452. The van der Waals surface area contributed by atoms with Gasteiger partial charge in [-0.1, -0.05) is 0 Å². The molecule has 5 heteroatoms. The zero-order valence-electron chi connectivity index (χ0n) is 8.26. The average molecular weight is 208 g/mol.